The summed E-state index contributed by atoms with van der Waals surface area (Å²) in [6, 6.07) is -0.268. The molecule has 2 amide bonds. The van der Waals surface area contributed by atoms with Gasteiger partial charge in [-0.05, 0) is 13.3 Å². The average Bonchev–Trinajstić information content (AvgIpc) is 2.74. The lowest BCUT2D eigenvalue weighted by molar-refractivity contribution is -0.144. The number of rotatable bonds is 4. The fourth-order valence-electron chi connectivity index (χ4n) is 1.83. The van der Waals surface area contributed by atoms with E-state index >= 15 is 0 Å². The van der Waals surface area contributed by atoms with Crippen molar-refractivity contribution < 1.29 is 9.59 Å². The summed E-state index contributed by atoms with van der Waals surface area (Å²) < 4.78 is 0. The lowest BCUT2D eigenvalue weighted by atomic mass is 9.94. The number of nitrogens with one attached hydrogen (secondary N) is 1. The van der Waals surface area contributed by atoms with Crippen LogP contribution >= 0.6 is 24.2 Å². The second-order valence-corrected chi connectivity index (χ2v) is 7.10. The van der Waals surface area contributed by atoms with Gasteiger partial charge >= 0.3 is 0 Å². The molecule has 1 fully saturated rings. The molecule has 2 unspecified atom stereocenters. The Kier molecular flexibility index (Phi) is 7.91. The van der Waals surface area contributed by atoms with E-state index in [9.17, 15) is 9.59 Å². The highest BCUT2D eigenvalue weighted by atomic mass is 35.5. The third kappa shape index (κ3) is 5.50. The van der Waals surface area contributed by atoms with Crippen molar-refractivity contribution in [2.24, 2.45) is 11.1 Å². The lowest BCUT2D eigenvalue weighted by Gasteiger charge is -2.29. The van der Waals surface area contributed by atoms with E-state index in [4.69, 9.17) is 5.73 Å². The maximum atomic E-state index is 12.3. The molecule has 5 nitrogen and oxygen atoms in total. The Morgan fingerprint density at radius 1 is 1.45 bits per heavy atom. The van der Waals surface area contributed by atoms with Crippen LogP contribution in [0.15, 0.2) is 0 Å². The largest absolute Gasteiger partial charge is 0.354 e. The Morgan fingerprint density at radius 2 is 2.05 bits per heavy atom. The van der Waals surface area contributed by atoms with Crippen LogP contribution < -0.4 is 11.1 Å². The molecule has 1 rings (SSSR count). The first-order valence-electron chi connectivity index (χ1n) is 6.65. The molecule has 118 valence electrons. The van der Waals surface area contributed by atoms with E-state index in [1.807, 2.05) is 27.7 Å². The monoisotopic (exact) mass is 323 g/mol. The van der Waals surface area contributed by atoms with Crippen LogP contribution in [-0.2, 0) is 9.59 Å². The Balaban J connectivity index is 0.00000361. The molecule has 7 heteroatoms. The van der Waals surface area contributed by atoms with E-state index in [1.165, 1.54) is 0 Å². The molecule has 1 saturated heterocycles. The summed E-state index contributed by atoms with van der Waals surface area (Å²) in [6.45, 7) is 8.11. The molecule has 1 aliphatic rings. The van der Waals surface area contributed by atoms with Crippen LogP contribution in [0.3, 0.4) is 0 Å². The van der Waals surface area contributed by atoms with E-state index < -0.39 is 5.41 Å². The third-order valence-corrected chi connectivity index (χ3v) is 4.00. The maximum absolute atomic E-state index is 12.3. The van der Waals surface area contributed by atoms with Crippen molar-refractivity contribution in [1.82, 2.24) is 10.2 Å². The second kappa shape index (κ2) is 8.10. The van der Waals surface area contributed by atoms with Gasteiger partial charge in [-0.2, -0.15) is 0 Å². The van der Waals surface area contributed by atoms with Gasteiger partial charge in [-0.25, -0.2) is 0 Å². The van der Waals surface area contributed by atoms with Gasteiger partial charge in [0.25, 0.3) is 0 Å². The third-order valence-electron chi connectivity index (χ3n) is 2.99. The Morgan fingerprint density at radius 3 is 2.55 bits per heavy atom. The van der Waals surface area contributed by atoms with Gasteiger partial charge in [-0.1, -0.05) is 20.8 Å². The topological polar surface area (TPSA) is 75.4 Å². The molecule has 0 aliphatic carbocycles. The summed E-state index contributed by atoms with van der Waals surface area (Å²) in [5, 5.41) is 2.87. The summed E-state index contributed by atoms with van der Waals surface area (Å²) in [4.78, 5) is 26.1. The summed E-state index contributed by atoms with van der Waals surface area (Å²) >= 11 is 1.62. The molecule has 0 spiro atoms. The molecule has 3 N–H and O–H groups in total. The number of halogens is 1. The van der Waals surface area contributed by atoms with Crippen LogP contribution in [-0.4, -0.2) is 47.0 Å². The number of nitrogens with zero attached hydrogens (tertiary/aromatic N) is 1. The van der Waals surface area contributed by atoms with Crippen molar-refractivity contribution in [2.75, 3.05) is 18.2 Å². The molecule has 0 aromatic carbocycles. The lowest BCUT2D eigenvalue weighted by Crippen LogP contribution is -2.50. The number of hydrogen-bond acceptors (Lipinski definition) is 4. The van der Waals surface area contributed by atoms with Crippen molar-refractivity contribution in [1.29, 1.82) is 0 Å². The minimum absolute atomic E-state index is 0. The molecule has 1 aliphatic heterocycles. The van der Waals surface area contributed by atoms with Crippen LogP contribution in [0, 0.1) is 5.41 Å². The molecule has 0 aromatic heterocycles. The molecular formula is C13H26ClN3O2S. The summed E-state index contributed by atoms with van der Waals surface area (Å²) in [5.74, 6) is 1.24. The quantitative estimate of drug-likeness (QED) is 0.815. The Bertz CT molecular complexity index is 345. The second-order valence-electron chi connectivity index (χ2n) is 6.10. The zero-order chi connectivity index (χ0) is 14.6. The normalized spacial score (nSPS) is 20.2. The number of hydrogen-bond donors (Lipinski definition) is 2. The fourth-order valence-corrected chi connectivity index (χ4v) is 2.99. The van der Waals surface area contributed by atoms with Gasteiger partial charge in [0.15, 0.2) is 0 Å². The SMILES string of the molecule is CC(N)CCNC(=O)C1CSCN1C(=O)C(C)(C)C.Cl. The predicted octanol–water partition coefficient (Wildman–Crippen LogP) is 1.21. The summed E-state index contributed by atoms with van der Waals surface area (Å²) in [6.07, 6.45) is 0.749. The highest BCUT2D eigenvalue weighted by Gasteiger charge is 2.38. The van der Waals surface area contributed by atoms with Crippen LogP contribution in [0.1, 0.15) is 34.1 Å². The van der Waals surface area contributed by atoms with E-state index in [1.54, 1.807) is 16.7 Å². The molecule has 0 aromatic rings. The van der Waals surface area contributed by atoms with Gasteiger partial charge in [-0.15, -0.1) is 24.2 Å². The van der Waals surface area contributed by atoms with Crippen molar-refractivity contribution >= 4 is 36.0 Å². The minimum Gasteiger partial charge on any atom is -0.354 e. The van der Waals surface area contributed by atoms with Crippen molar-refractivity contribution in [3.63, 3.8) is 0 Å². The zero-order valence-corrected chi connectivity index (χ0v) is 14.3. The van der Waals surface area contributed by atoms with Crippen LogP contribution in [0.25, 0.3) is 0 Å². The molecule has 0 saturated carbocycles. The molecule has 1 heterocycles. The summed E-state index contributed by atoms with van der Waals surface area (Å²) in [5.41, 5.74) is 5.20. The van der Waals surface area contributed by atoms with Gasteiger partial charge in [-0.3, -0.25) is 9.59 Å². The van der Waals surface area contributed by atoms with Crippen molar-refractivity contribution in [2.45, 2.75) is 46.2 Å². The highest BCUT2D eigenvalue weighted by molar-refractivity contribution is 7.99. The number of carbonyl (C=O) groups is 2. The molecule has 0 bridgehead atoms. The number of thioether (sulfide) groups is 1. The summed E-state index contributed by atoms with van der Waals surface area (Å²) in [7, 11) is 0. The van der Waals surface area contributed by atoms with Gasteiger partial charge < -0.3 is 16.0 Å². The van der Waals surface area contributed by atoms with Gasteiger partial charge in [0, 0.05) is 23.8 Å². The standard InChI is InChI=1S/C13H25N3O2S.ClH/c1-9(14)5-6-15-11(17)10-7-19-8-16(10)12(18)13(2,3)4;/h9-10H,5-8,14H2,1-4H3,(H,15,17);1H. The predicted molar refractivity (Wildman–Crippen MR) is 85.9 cm³/mol. The van der Waals surface area contributed by atoms with E-state index in [2.05, 4.69) is 5.32 Å². The average molecular weight is 324 g/mol. The fraction of sp³-hybridized carbons (Fsp3) is 0.846. The Labute approximate surface area is 131 Å². The van der Waals surface area contributed by atoms with Gasteiger partial charge in [0.05, 0.1) is 5.88 Å². The zero-order valence-electron chi connectivity index (χ0n) is 12.6. The van der Waals surface area contributed by atoms with Crippen molar-refractivity contribution in [3.8, 4) is 0 Å². The number of nitrogens with two attached hydrogens (primary N) is 1. The minimum atomic E-state index is -0.449. The van der Waals surface area contributed by atoms with Crippen LogP contribution in [0.4, 0.5) is 0 Å². The maximum Gasteiger partial charge on any atom is 0.243 e. The van der Waals surface area contributed by atoms with E-state index in [0.717, 1.165) is 6.42 Å². The van der Waals surface area contributed by atoms with E-state index in [-0.39, 0.29) is 36.3 Å². The van der Waals surface area contributed by atoms with Gasteiger partial charge in [0.1, 0.15) is 6.04 Å². The molecule has 0 radical (unpaired) electrons. The van der Waals surface area contributed by atoms with Crippen LogP contribution in [0.5, 0.6) is 0 Å². The number of amides is 2. The highest BCUT2D eigenvalue weighted by Crippen LogP contribution is 2.27. The van der Waals surface area contributed by atoms with E-state index in [0.29, 0.717) is 18.2 Å². The first-order chi connectivity index (χ1) is 8.73. The first-order valence-corrected chi connectivity index (χ1v) is 7.81. The molecule has 20 heavy (non-hydrogen) atoms. The smallest absolute Gasteiger partial charge is 0.243 e. The van der Waals surface area contributed by atoms with Gasteiger partial charge in [0.2, 0.25) is 11.8 Å². The van der Waals surface area contributed by atoms with Crippen molar-refractivity contribution in [3.05, 3.63) is 0 Å². The molecule has 2 atom stereocenters. The van der Waals surface area contributed by atoms with Crippen LogP contribution in [0.2, 0.25) is 0 Å². The Hall–Kier alpha value is -0.460. The number of carbonyl (C=O) groups excluding carboxylic acids is 2. The first kappa shape index (κ1) is 19.5. The molecular weight excluding hydrogens is 298 g/mol.